The Morgan fingerprint density at radius 2 is 1.46 bits per heavy atom. The highest BCUT2D eigenvalue weighted by molar-refractivity contribution is 6.12. The standard InChI is InChI=1S/C32H25N3/c1-22-10-9-17-32(33-22)35-28-15-7-5-11-23(28)18-19-24-20-31-27(21-30(24)35)26-14-6-8-16-29(26)34(31)25-12-3-2-4-13-25/h2-21,32-33H,1H3. The van der Waals surface area contributed by atoms with Crippen LogP contribution in [0.2, 0.25) is 0 Å². The molecule has 3 heterocycles. The SMILES string of the molecule is CC1=CC=CC(N2c3ccccc3C=Cc3cc4c(cc32)c2ccccc2n4-c2ccccc2)N1. The van der Waals surface area contributed by atoms with E-state index in [4.69, 9.17) is 0 Å². The molecule has 4 aromatic carbocycles. The lowest BCUT2D eigenvalue weighted by Crippen LogP contribution is -2.42. The van der Waals surface area contributed by atoms with Gasteiger partial charge < -0.3 is 14.8 Å². The molecule has 0 saturated heterocycles. The molecule has 0 bridgehead atoms. The van der Waals surface area contributed by atoms with Crippen LogP contribution in [0.25, 0.3) is 39.6 Å². The monoisotopic (exact) mass is 451 g/mol. The first-order valence-electron chi connectivity index (χ1n) is 12.1. The Labute approximate surface area is 204 Å². The number of aromatic nitrogens is 1. The number of nitrogens with zero attached hydrogens (tertiary/aromatic N) is 2. The maximum atomic E-state index is 3.68. The molecule has 1 atom stereocenters. The number of nitrogens with one attached hydrogen (secondary N) is 1. The van der Waals surface area contributed by atoms with Crippen molar-refractivity contribution in [2.75, 3.05) is 4.90 Å². The zero-order chi connectivity index (χ0) is 23.4. The van der Waals surface area contributed by atoms with Crippen LogP contribution in [0.3, 0.4) is 0 Å². The Kier molecular flexibility index (Phi) is 4.43. The van der Waals surface area contributed by atoms with Crippen LogP contribution in [-0.4, -0.2) is 10.7 Å². The van der Waals surface area contributed by atoms with E-state index in [1.165, 1.54) is 50.0 Å². The maximum absolute atomic E-state index is 3.68. The summed E-state index contributed by atoms with van der Waals surface area (Å²) in [6.07, 6.45) is 11.0. The lowest BCUT2D eigenvalue weighted by atomic mass is 10.1. The molecule has 1 aromatic heterocycles. The summed E-state index contributed by atoms with van der Waals surface area (Å²) in [5.74, 6) is 0. The van der Waals surface area contributed by atoms with Crippen molar-refractivity contribution < 1.29 is 0 Å². The van der Waals surface area contributed by atoms with Crippen molar-refractivity contribution in [1.29, 1.82) is 0 Å². The van der Waals surface area contributed by atoms with E-state index < -0.39 is 0 Å². The van der Waals surface area contributed by atoms with Gasteiger partial charge in [-0.2, -0.15) is 0 Å². The third kappa shape index (κ3) is 3.12. The molecule has 2 aliphatic heterocycles. The molecule has 3 heteroatoms. The minimum Gasteiger partial charge on any atom is -0.365 e. The second-order valence-corrected chi connectivity index (χ2v) is 9.20. The summed E-state index contributed by atoms with van der Waals surface area (Å²) in [6.45, 7) is 2.12. The van der Waals surface area contributed by atoms with Gasteiger partial charge in [-0.1, -0.05) is 72.8 Å². The van der Waals surface area contributed by atoms with Crippen molar-refractivity contribution in [2.24, 2.45) is 0 Å². The second-order valence-electron chi connectivity index (χ2n) is 9.20. The lowest BCUT2D eigenvalue weighted by molar-refractivity contribution is 0.668. The van der Waals surface area contributed by atoms with E-state index >= 15 is 0 Å². The van der Waals surface area contributed by atoms with Crippen molar-refractivity contribution in [1.82, 2.24) is 9.88 Å². The average Bonchev–Trinajstić information content (AvgIpc) is 3.12. The first-order valence-corrected chi connectivity index (χ1v) is 12.1. The van der Waals surface area contributed by atoms with E-state index in [0.29, 0.717) is 0 Å². The molecule has 0 aliphatic carbocycles. The molecule has 0 fully saturated rings. The molecular formula is C32H25N3. The van der Waals surface area contributed by atoms with Gasteiger partial charge in [-0.3, -0.25) is 0 Å². The van der Waals surface area contributed by atoms with Gasteiger partial charge >= 0.3 is 0 Å². The molecule has 35 heavy (non-hydrogen) atoms. The van der Waals surface area contributed by atoms with Crippen LogP contribution in [0.4, 0.5) is 11.4 Å². The molecule has 3 nitrogen and oxygen atoms in total. The zero-order valence-corrected chi connectivity index (χ0v) is 19.5. The van der Waals surface area contributed by atoms with Crippen LogP contribution in [0.5, 0.6) is 0 Å². The van der Waals surface area contributed by atoms with Crippen molar-refractivity contribution in [3.63, 3.8) is 0 Å². The number of hydrogen-bond acceptors (Lipinski definition) is 2. The minimum absolute atomic E-state index is 0.0275. The molecule has 168 valence electrons. The number of allylic oxidation sites excluding steroid dienone is 3. The third-order valence-electron chi connectivity index (χ3n) is 7.03. The van der Waals surface area contributed by atoms with Crippen molar-refractivity contribution >= 4 is 45.3 Å². The summed E-state index contributed by atoms with van der Waals surface area (Å²) in [5.41, 5.74) is 9.60. The van der Waals surface area contributed by atoms with Gasteiger partial charge in [0.25, 0.3) is 0 Å². The number of para-hydroxylation sites is 3. The molecule has 0 radical (unpaired) electrons. The molecule has 7 rings (SSSR count). The number of rotatable bonds is 2. The summed E-state index contributed by atoms with van der Waals surface area (Å²) in [6, 6.07) is 32.7. The van der Waals surface area contributed by atoms with Crippen LogP contribution < -0.4 is 10.2 Å². The smallest absolute Gasteiger partial charge is 0.123 e. The highest BCUT2D eigenvalue weighted by atomic mass is 15.3. The Balaban J connectivity index is 1.55. The molecule has 1 N–H and O–H groups in total. The Morgan fingerprint density at radius 3 is 2.34 bits per heavy atom. The van der Waals surface area contributed by atoms with E-state index in [-0.39, 0.29) is 6.17 Å². The van der Waals surface area contributed by atoms with Gasteiger partial charge in [0.05, 0.1) is 22.4 Å². The van der Waals surface area contributed by atoms with E-state index in [2.05, 4.69) is 143 Å². The maximum Gasteiger partial charge on any atom is 0.123 e. The zero-order valence-electron chi connectivity index (χ0n) is 19.5. The highest BCUT2D eigenvalue weighted by Crippen LogP contribution is 2.43. The normalized spacial score (nSPS) is 16.5. The quantitative estimate of drug-likeness (QED) is 0.295. The van der Waals surface area contributed by atoms with Crippen molar-refractivity contribution in [3.05, 3.63) is 126 Å². The third-order valence-corrected chi connectivity index (χ3v) is 7.03. The number of hydrogen-bond donors (Lipinski definition) is 1. The molecule has 0 saturated carbocycles. The van der Waals surface area contributed by atoms with Gasteiger partial charge in [0.15, 0.2) is 0 Å². The average molecular weight is 452 g/mol. The summed E-state index contributed by atoms with van der Waals surface area (Å²) in [7, 11) is 0. The van der Waals surface area contributed by atoms with E-state index in [1.54, 1.807) is 0 Å². The second kappa shape index (κ2) is 7.78. The fourth-order valence-corrected chi connectivity index (χ4v) is 5.46. The Hall–Kier alpha value is -4.50. The molecule has 2 aliphatic rings. The summed E-state index contributed by atoms with van der Waals surface area (Å²) in [5, 5.41) is 6.20. The number of fused-ring (bicyclic) bond motifs is 5. The first-order chi connectivity index (χ1) is 17.3. The predicted molar refractivity (Wildman–Crippen MR) is 148 cm³/mol. The number of benzene rings is 4. The first kappa shape index (κ1) is 19.9. The molecule has 0 amide bonds. The molecule has 5 aromatic rings. The van der Waals surface area contributed by atoms with Crippen molar-refractivity contribution in [2.45, 2.75) is 13.1 Å². The number of dihydropyridines is 1. The lowest BCUT2D eigenvalue weighted by Gasteiger charge is -2.35. The van der Waals surface area contributed by atoms with E-state index in [0.717, 1.165) is 5.70 Å². The van der Waals surface area contributed by atoms with Crippen LogP contribution in [0.1, 0.15) is 18.1 Å². The fourth-order valence-electron chi connectivity index (χ4n) is 5.46. The van der Waals surface area contributed by atoms with Gasteiger partial charge in [-0.25, -0.2) is 0 Å². The van der Waals surface area contributed by atoms with Crippen LogP contribution >= 0.6 is 0 Å². The van der Waals surface area contributed by atoms with Gasteiger partial charge in [0.1, 0.15) is 6.17 Å². The topological polar surface area (TPSA) is 20.2 Å². The van der Waals surface area contributed by atoms with Crippen LogP contribution in [0.15, 0.2) is 115 Å². The minimum atomic E-state index is 0.0275. The Bertz CT molecular complexity index is 1680. The van der Waals surface area contributed by atoms with Gasteiger partial charge in [0.2, 0.25) is 0 Å². The van der Waals surface area contributed by atoms with E-state index in [9.17, 15) is 0 Å². The van der Waals surface area contributed by atoms with Crippen LogP contribution in [0, 0.1) is 0 Å². The van der Waals surface area contributed by atoms with Gasteiger partial charge in [-0.05, 0) is 61.0 Å². The molecule has 1 unspecified atom stereocenters. The van der Waals surface area contributed by atoms with E-state index in [1.807, 2.05) is 0 Å². The fraction of sp³-hybridized carbons (Fsp3) is 0.0625. The summed E-state index contributed by atoms with van der Waals surface area (Å²) < 4.78 is 2.38. The number of anilines is 2. The van der Waals surface area contributed by atoms with Crippen molar-refractivity contribution in [3.8, 4) is 5.69 Å². The highest BCUT2D eigenvalue weighted by Gasteiger charge is 2.26. The molecule has 0 spiro atoms. The molecular weight excluding hydrogens is 426 g/mol. The predicted octanol–water partition coefficient (Wildman–Crippen LogP) is 7.79. The van der Waals surface area contributed by atoms with Crippen LogP contribution in [-0.2, 0) is 0 Å². The summed E-state index contributed by atoms with van der Waals surface area (Å²) >= 11 is 0. The van der Waals surface area contributed by atoms with Gasteiger partial charge in [-0.15, -0.1) is 0 Å². The Morgan fingerprint density at radius 1 is 0.686 bits per heavy atom. The van der Waals surface area contributed by atoms with Gasteiger partial charge in [0, 0.05) is 27.7 Å². The summed E-state index contributed by atoms with van der Waals surface area (Å²) in [4.78, 5) is 2.44. The largest absolute Gasteiger partial charge is 0.365 e.